The van der Waals surface area contributed by atoms with Crippen molar-refractivity contribution >= 4 is 5.91 Å². The minimum Gasteiger partial charge on any atom is -0.434 e. The van der Waals surface area contributed by atoms with Gasteiger partial charge in [-0.3, -0.25) is 14.8 Å². The van der Waals surface area contributed by atoms with Gasteiger partial charge in [0.05, 0.1) is 11.9 Å². The van der Waals surface area contributed by atoms with Crippen LogP contribution in [0.3, 0.4) is 0 Å². The molecule has 0 aliphatic carbocycles. The normalized spacial score (nSPS) is 10.6. The van der Waals surface area contributed by atoms with E-state index in [0.29, 0.717) is 30.6 Å². The Balaban J connectivity index is 1.72. The third-order valence-electron chi connectivity index (χ3n) is 4.36. The predicted octanol–water partition coefficient (Wildman–Crippen LogP) is 4.02. The molecule has 29 heavy (non-hydrogen) atoms. The highest BCUT2D eigenvalue weighted by Gasteiger charge is 2.17. The summed E-state index contributed by atoms with van der Waals surface area (Å²) >= 11 is 0. The summed E-state index contributed by atoms with van der Waals surface area (Å²) in [6, 6.07) is 6.06. The third-order valence-corrected chi connectivity index (χ3v) is 4.36. The summed E-state index contributed by atoms with van der Waals surface area (Å²) in [7, 11) is 1.72. The molecule has 6 nitrogen and oxygen atoms in total. The van der Waals surface area contributed by atoms with Crippen LogP contribution >= 0.6 is 0 Å². The number of ether oxygens (including phenoxy) is 1. The van der Waals surface area contributed by atoms with Crippen molar-refractivity contribution in [2.75, 3.05) is 13.6 Å². The number of hydrogen-bond acceptors (Lipinski definition) is 5. The number of carbonyl (C=O) groups is 1. The van der Waals surface area contributed by atoms with Crippen LogP contribution in [0.2, 0.25) is 0 Å². The van der Waals surface area contributed by atoms with Crippen LogP contribution in [0.25, 0.3) is 11.1 Å². The van der Waals surface area contributed by atoms with Gasteiger partial charge in [-0.05, 0) is 31.0 Å². The lowest BCUT2D eigenvalue weighted by Gasteiger charge is -2.14. The Labute approximate surface area is 167 Å². The Kier molecular flexibility index (Phi) is 6.43. The van der Waals surface area contributed by atoms with E-state index in [4.69, 9.17) is 4.74 Å². The fourth-order valence-corrected chi connectivity index (χ4v) is 2.68. The highest BCUT2D eigenvalue weighted by atomic mass is 19.2. The first-order valence-corrected chi connectivity index (χ1v) is 9.04. The van der Waals surface area contributed by atoms with E-state index < -0.39 is 11.6 Å². The lowest BCUT2D eigenvalue weighted by Crippen LogP contribution is -2.25. The van der Waals surface area contributed by atoms with Crippen LogP contribution in [-0.2, 0) is 11.2 Å². The fraction of sp³-hybridized carbons (Fsp3) is 0.238. The van der Waals surface area contributed by atoms with E-state index in [1.807, 2.05) is 0 Å². The number of hydrogen-bond donors (Lipinski definition) is 0. The number of aromatic nitrogens is 3. The SMILES string of the molecule is CC(=O)N(C)CCCc1cncc(Oc2ccc(-c3cccnc3)c(F)c2F)n1. The molecule has 8 heteroatoms. The molecule has 0 aliphatic rings. The maximum Gasteiger partial charge on any atom is 0.238 e. The highest BCUT2D eigenvalue weighted by molar-refractivity contribution is 5.72. The maximum atomic E-state index is 14.5. The second-order valence-corrected chi connectivity index (χ2v) is 6.48. The van der Waals surface area contributed by atoms with E-state index in [0.717, 1.165) is 0 Å². The van der Waals surface area contributed by atoms with Crippen LogP contribution in [0.5, 0.6) is 11.6 Å². The average molecular weight is 398 g/mol. The Morgan fingerprint density at radius 2 is 1.93 bits per heavy atom. The fourth-order valence-electron chi connectivity index (χ4n) is 2.68. The first-order valence-electron chi connectivity index (χ1n) is 9.04. The summed E-state index contributed by atoms with van der Waals surface area (Å²) < 4.78 is 34.4. The van der Waals surface area contributed by atoms with Gasteiger partial charge in [0.1, 0.15) is 0 Å². The molecule has 2 heterocycles. The summed E-state index contributed by atoms with van der Waals surface area (Å²) in [6.45, 7) is 2.08. The Bertz CT molecular complexity index is 999. The Hall–Kier alpha value is -3.42. The first-order chi connectivity index (χ1) is 14.0. The van der Waals surface area contributed by atoms with Crippen molar-refractivity contribution in [1.29, 1.82) is 0 Å². The van der Waals surface area contributed by atoms with E-state index in [9.17, 15) is 13.6 Å². The number of aryl methyl sites for hydroxylation is 1. The van der Waals surface area contributed by atoms with Gasteiger partial charge in [-0.15, -0.1) is 0 Å². The minimum absolute atomic E-state index is 0.0135. The number of pyridine rings is 1. The lowest BCUT2D eigenvalue weighted by molar-refractivity contribution is -0.127. The van der Waals surface area contributed by atoms with E-state index in [2.05, 4.69) is 15.0 Å². The van der Waals surface area contributed by atoms with Gasteiger partial charge >= 0.3 is 0 Å². The molecule has 3 rings (SSSR count). The van der Waals surface area contributed by atoms with Crippen molar-refractivity contribution < 1.29 is 18.3 Å². The van der Waals surface area contributed by atoms with E-state index in [1.54, 1.807) is 36.5 Å². The van der Waals surface area contributed by atoms with Crippen LogP contribution in [0.15, 0.2) is 49.1 Å². The second-order valence-electron chi connectivity index (χ2n) is 6.48. The predicted molar refractivity (Wildman–Crippen MR) is 103 cm³/mol. The second kappa shape index (κ2) is 9.18. The summed E-state index contributed by atoms with van der Waals surface area (Å²) in [4.78, 5) is 25.1. The van der Waals surface area contributed by atoms with Gasteiger partial charge in [-0.2, -0.15) is 4.39 Å². The number of carbonyl (C=O) groups excluding carboxylic acids is 1. The monoisotopic (exact) mass is 398 g/mol. The zero-order valence-electron chi connectivity index (χ0n) is 16.1. The van der Waals surface area contributed by atoms with Crippen molar-refractivity contribution in [3.63, 3.8) is 0 Å². The summed E-state index contributed by atoms with van der Waals surface area (Å²) in [5, 5.41) is 0. The van der Waals surface area contributed by atoms with Crippen molar-refractivity contribution in [3.05, 3.63) is 66.4 Å². The molecule has 0 saturated heterocycles. The summed E-state index contributed by atoms with van der Waals surface area (Å²) in [5.41, 5.74) is 1.19. The van der Waals surface area contributed by atoms with E-state index >= 15 is 0 Å². The molecule has 0 saturated carbocycles. The number of nitrogens with zero attached hydrogens (tertiary/aromatic N) is 4. The smallest absolute Gasteiger partial charge is 0.238 e. The molecule has 0 spiro atoms. The molecule has 0 fully saturated rings. The Morgan fingerprint density at radius 1 is 1.10 bits per heavy atom. The van der Waals surface area contributed by atoms with Gasteiger partial charge in [0.2, 0.25) is 17.6 Å². The molecular weight excluding hydrogens is 378 g/mol. The molecule has 0 aliphatic heterocycles. The van der Waals surface area contributed by atoms with Gasteiger partial charge in [-0.1, -0.05) is 6.07 Å². The quantitative estimate of drug-likeness (QED) is 0.601. The first kappa shape index (κ1) is 20.3. The molecule has 0 radical (unpaired) electrons. The van der Waals surface area contributed by atoms with Gasteiger partial charge in [-0.25, -0.2) is 9.37 Å². The van der Waals surface area contributed by atoms with Crippen LogP contribution in [-0.4, -0.2) is 39.4 Å². The zero-order valence-corrected chi connectivity index (χ0v) is 16.1. The molecule has 3 aromatic rings. The van der Waals surface area contributed by atoms with Crippen LogP contribution in [0, 0.1) is 11.6 Å². The molecule has 1 aromatic carbocycles. The van der Waals surface area contributed by atoms with Crippen LogP contribution < -0.4 is 4.74 Å². The number of rotatable bonds is 7. The van der Waals surface area contributed by atoms with Crippen LogP contribution in [0.1, 0.15) is 19.0 Å². The van der Waals surface area contributed by atoms with Gasteiger partial charge in [0.25, 0.3) is 0 Å². The van der Waals surface area contributed by atoms with Crippen molar-refractivity contribution in [3.8, 4) is 22.8 Å². The molecule has 0 unspecified atom stereocenters. The molecule has 0 N–H and O–H groups in total. The van der Waals surface area contributed by atoms with Crippen molar-refractivity contribution in [2.24, 2.45) is 0 Å². The van der Waals surface area contributed by atoms with Gasteiger partial charge in [0, 0.05) is 50.2 Å². The molecule has 150 valence electrons. The van der Waals surface area contributed by atoms with Crippen LogP contribution in [0.4, 0.5) is 8.78 Å². The zero-order chi connectivity index (χ0) is 20.8. The average Bonchev–Trinajstić information content (AvgIpc) is 2.72. The summed E-state index contributed by atoms with van der Waals surface area (Å²) in [5.74, 6) is -2.36. The molecule has 0 atom stereocenters. The Morgan fingerprint density at radius 3 is 2.66 bits per heavy atom. The van der Waals surface area contributed by atoms with Crippen molar-refractivity contribution in [1.82, 2.24) is 19.9 Å². The van der Waals surface area contributed by atoms with Crippen molar-refractivity contribution in [2.45, 2.75) is 19.8 Å². The minimum atomic E-state index is -1.11. The topological polar surface area (TPSA) is 68.2 Å². The standard InChI is InChI=1S/C21H20F2N4O2/c1-14(28)27(2)10-4-6-16-12-25-13-19(26-16)29-18-8-7-17(20(22)21(18)23)15-5-3-9-24-11-15/h3,5,7-9,11-13H,4,6,10H2,1-2H3. The van der Waals surface area contributed by atoms with Gasteiger partial charge in [0.15, 0.2) is 11.6 Å². The van der Waals surface area contributed by atoms with E-state index in [1.165, 1.54) is 31.5 Å². The molecule has 0 bridgehead atoms. The van der Waals surface area contributed by atoms with E-state index in [-0.39, 0.29) is 23.1 Å². The number of halogens is 2. The molecular formula is C21H20F2N4O2. The van der Waals surface area contributed by atoms with Gasteiger partial charge < -0.3 is 9.64 Å². The number of amides is 1. The molecule has 2 aromatic heterocycles. The number of benzene rings is 1. The largest absolute Gasteiger partial charge is 0.434 e. The molecule has 1 amide bonds. The third kappa shape index (κ3) is 5.10. The highest BCUT2D eigenvalue weighted by Crippen LogP contribution is 2.31. The summed E-state index contributed by atoms with van der Waals surface area (Å²) in [6.07, 6.45) is 7.17. The lowest BCUT2D eigenvalue weighted by atomic mass is 10.1. The maximum absolute atomic E-state index is 14.5.